The SMILES string of the molecule is NC(CNC(=O)c1ccc(I)cc1)C1CC1. The Bertz CT molecular complexity index is 373. The normalized spacial score (nSPS) is 16.9. The molecule has 0 aliphatic heterocycles. The van der Waals surface area contributed by atoms with Crippen LogP contribution in [0.3, 0.4) is 0 Å². The van der Waals surface area contributed by atoms with Crippen molar-refractivity contribution in [1.82, 2.24) is 5.32 Å². The predicted octanol–water partition coefficient (Wildman–Crippen LogP) is 1.76. The number of hydrogen-bond acceptors (Lipinski definition) is 2. The molecule has 0 spiro atoms. The second-order valence-electron chi connectivity index (χ2n) is 4.22. The Morgan fingerprint density at radius 3 is 2.62 bits per heavy atom. The van der Waals surface area contributed by atoms with Crippen LogP contribution in [0.5, 0.6) is 0 Å². The first-order valence-electron chi connectivity index (χ1n) is 5.46. The Kier molecular flexibility index (Phi) is 3.81. The van der Waals surface area contributed by atoms with Gasteiger partial charge in [-0.1, -0.05) is 0 Å². The number of benzene rings is 1. The van der Waals surface area contributed by atoms with Gasteiger partial charge in [-0.25, -0.2) is 0 Å². The molecule has 3 N–H and O–H groups in total. The average molecular weight is 330 g/mol. The number of halogens is 1. The standard InChI is InChI=1S/C12H15IN2O/c13-10-5-3-9(4-6-10)12(16)15-7-11(14)8-1-2-8/h3-6,8,11H,1-2,7,14H2,(H,15,16). The lowest BCUT2D eigenvalue weighted by atomic mass is 10.2. The van der Waals surface area contributed by atoms with E-state index in [1.54, 1.807) is 0 Å². The van der Waals surface area contributed by atoms with Crippen molar-refractivity contribution in [1.29, 1.82) is 0 Å². The maximum absolute atomic E-state index is 11.7. The van der Waals surface area contributed by atoms with Gasteiger partial charge in [0.25, 0.3) is 5.91 Å². The molecular weight excluding hydrogens is 315 g/mol. The maximum atomic E-state index is 11.7. The number of nitrogens with two attached hydrogens (primary N) is 1. The second kappa shape index (κ2) is 5.14. The fraction of sp³-hybridized carbons (Fsp3) is 0.417. The molecule has 2 rings (SSSR count). The van der Waals surface area contributed by atoms with Crippen molar-refractivity contribution < 1.29 is 4.79 Å². The van der Waals surface area contributed by atoms with Crippen molar-refractivity contribution in [3.05, 3.63) is 33.4 Å². The lowest BCUT2D eigenvalue weighted by molar-refractivity contribution is 0.0950. The highest BCUT2D eigenvalue weighted by Crippen LogP contribution is 2.31. The molecular formula is C12H15IN2O. The van der Waals surface area contributed by atoms with Gasteiger partial charge in [0.05, 0.1) is 0 Å². The average Bonchev–Trinajstić information content (AvgIpc) is 3.10. The molecule has 86 valence electrons. The molecule has 1 amide bonds. The molecule has 1 aliphatic carbocycles. The summed E-state index contributed by atoms with van der Waals surface area (Å²) in [6, 6.07) is 7.64. The Morgan fingerprint density at radius 1 is 1.44 bits per heavy atom. The fourth-order valence-corrected chi connectivity index (χ4v) is 1.96. The van der Waals surface area contributed by atoms with E-state index in [4.69, 9.17) is 5.73 Å². The van der Waals surface area contributed by atoms with Crippen molar-refractivity contribution in [2.75, 3.05) is 6.54 Å². The molecule has 0 saturated heterocycles. The van der Waals surface area contributed by atoms with Gasteiger partial charge in [0.1, 0.15) is 0 Å². The van der Waals surface area contributed by atoms with Crippen molar-refractivity contribution in [2.45, 2.75) is 18.9 Å². The van der Waals surface area contributed by atoms with Crippen LogP contribution in [0.1, 0.15) is 23.2 Å². The van der Waals surface area contributed by atoms with Gasteiger partial charge in [0.15, 0.2) is 0 Å². The minimum absolute atomic E-state index is 0.0347. The van der Waals surface area contributed by atoms with Crippen LogP contribution in [-0.2, 0) is 0 Å². The molecule has 1 saturated carbocycles. The van der Waals surface area contributed by atoms with Gasteiger partial charge in [0, 0.05) is 21.7 Å². The maximum Gasteiger partial charge on any atom is 0.251 e. The highest BCUT2D eigenvalue weighted by Gasteiger charge is 2.28. The van der Waals surface area contributed by atoms with Crippen molar-refractivity contribution in [3.63, 3.8) is 0 Å². The minimum Gasteiger partial charge on any atom is -0.350 e. The molecule has 0 aromatic heterocycles. The Balaban J connectivity index is 1.85. The minimum atomic E-state index is -0.0347. The summed E-state index contributed by atoms with van der Waals surface area (Å²) in [6.45, 7) is 0.579. The van der Waals surface area contributed by atoms with Crippen LogP contribution in [0.25, 0.3) is 0 Å². The summed E-state index contributed by atoms with van der Waals surface area (Å²) < 4.78 is 1.13. The number of hydrogen-bond donors (Lipinski definition) is 2. The van der Waals surface area contributed by atoms with Gasteiger partial charge in [-0.3, -0.25) is 4.79 Å². The fourth-order valence-electron chi connectivity index (χ4n) is 1.60. The van der Waals surface area contributed by atoms with Gasteiger partial charge >= 0.3 is 0 Å². The van der Waals surface area contributed by atoms with Crippen LogP contribution in [0.2, 0.25) is 0 Å². The second-order valence-corrected chi connectivity index (χ2v) is 5.46. The molecule has 1 fully saturated rings. The number of carbonyl (C=O) groups excluding carboxylic acids is 1. The topological polar surface area (TPSA) is 55.1 Å². The van der Waals surface area contributed by atoms with E-state index in [0.717, 1.165) is 3.57 Å². The van der Waals surface area contributed by atoms with Crippen molar-refractivity contribution in [3.8, 4) is 0 Å². The number of amides is 1. The molecule has 1 aromatic carbocycles. The molecule has 1 aliphatic rings. The van der Waals surface area contributed by atoms with Gasteiger partial charge in [-0.05, 0) is 65.6 Å². The van der Waals surface area contributed by atoms with E-state index in [1.165, 1.54) is 12.8 Å². The van der Waals surface area contributed by atoms with Crippen LogP contribution in [0.4, 0.5) is 0 Å². The molecule has 0 radical (unpaired) electrons. The van der Waals surface area contributed by atoms with Gasteiger partial charge in [-0.2, -0.15) is 0 Å². The Labute approximate surface area is 109 Å². The molecule has 0 bridgehead atoms. The Hall–Kier alpha value is -0.620. The molecule has 1 unspecified atom stereocenters. The van der Waals surface area contributed by atoms with E-state index in [-0.39, 0.29) is 11.9 Å². The van der Waals surface area contributed by atoms with Crippen LogP contribution in [0.15, 0.2) is 24.3 Å². The summed E-state index contributed by atoms with van der Waals surface area (Å²) in [5, 5.41) is 2.87. The third-order valence-corrected chi connectivity index (χ3v) is 3.55. The molecule has 1 aromatic rings. The third kappa shape index (κ3) is 3.18. The zero-order valence-electron chi connectivity index (χ0n) is 8.95. The summed E-state index contributed by atoms with van der Waals surface area (Å²) in [5.41, 5.74) is 6.61. The summed E-state index contributed by atoms with van der Waals surface area (Å²) in [4.78, 5) is 11.7. The molecule has 0 heterocycles. The highest BCUT2D eigenvalue weighted by molar-refractivity contribution is 14.1. The van der Waals surface area contributed by atoms with Gasteiger partial charge in [-0.15, -0.1) is 0 Å². The largest absolute Gasteiger partial charge is 0.350 e. The van der Waals surface area contributed by atoms with Crippen LogP contribution < -0.4 is 11.1 Å². The quantitative estimate of drug-likeness (QED) is 0.827. The first-order chi connectivity index (χ1) is 7.66. The van der Waals surface area contributed by atoms with Crippen LogP contribution >= 0.6 is 22.6 Å². The number of rotatable bonds is 4. The van der Waals surface area contributed by atoms with Crippen molar-refractivity contribution >= 4 is 28.5 Å². The summed E-state index contributed by atoms with van der Waals surface area (Å²) in [7, 11) is 0. The van der Waals surface area contributed by atoms with E-state index in [9.17, 15) is 4.79 Å². The Morgan fingerprint density at radius 2 is 2.06 bits per heavy atom. The third-order valence-electron chi connectivity index (χ3n) is 2.83. The van der Waals surface area contributed by atoms with Crippen LogP contribution in [-0.4, -0.2) is 18.5 Å². The lowest BCUT2D eigenvalue weighted by Crippen LogP contribution is -2.38. The van der Waals surface area contributed by atoms with Gasteiger partial charge in [0.2, 0.25) is 0 Å². The van der Waals surface area contributed by atoms with E-state index < -0.39 is 0 Å². The first kappa shape index (κ1) is 11.9. The molecule has 1 atom stereocenters. The van der Waals surface area contributed by atoms with E-state index in [2.05, 4.69) is 27.9 Å². The first-order valence-corrected chi connectivity index (χ1v) is 6.54. The smallest absolute Gasteiger partial charge is 0.251 e. The van der Waals surface area contributed by atoms with E-state index in [0.29, 0.717) is 18.0 Å². The molecule has 3 nitrogen and oxygen atoms in total. The van der Waals surface area contributed by atoms with Gasteiger partial charge < -0.3 is 11.1 Å². The van der Waals surface area contributed by atoms with E-state index >= 15 is 0 Å². The summed E-state index contributed by atoms with van der Waals surface area (Å²) >= 11 is 2.22. The summed E-state index contributed by atoms with van der Waals surface area (Å²) in [6.07, 6.45) is 2.42. The molecule has 4 heteroatoms. The number of nitrogens with one attached hydrogen (secondary N) is 1. The summed E-state index contributed by atoms with van der Waals surface area (Å²) in [5.74, 6) is 0.588. The van der Waals surface area contributed by atoms with Crippen molar-refractivity contribution in [2.24, 2.45) is 11.7 Å². The molecule has 16 heavy (non-hydrogen) atoms. The van der Waals surface area contributed by atoms with E-state index in [1.807, 2.05) is 24.3 Å². The zero-order valence-corrected chi connectivity index (χ0v) is 11.1. The van der Waals surface area contributed by atoms with Crippen LogP contribution in [0, 0.1) is 9.49 Å². The highest BCUT2D eigenvalue weighted by atomic mass is 127. The monoisotopic (exact) mass is 330 g/mol. The predicted molar refractivity (Wildman–Crippen MR) is 72.2 cm³/mol. The lowest BCUT2D eigenvalue weighted by Gasteiger charge is -2.11. The number of carbonyl (C=O) groups is 1. The zero-order chi connectivity index (χ0) is 11.5.